The number of hydrogen-bond donors (Lipinski definition) is 2. The van der Waals surface area contributed by atoms with E-state index >= 15 is 0 Å². The molecule has 0 bridgehead atoms. The number of allylic oxidation sites excluding steroid dienone is 1. The zero-order chi connectivity index (χ0) is 11.5. The third kappa shape index (κ3) is 2.25. The maximum atomic E-state index is 11.0. The van der Waals surface area contributed by atoms with Crippen LogP contribution in [0.25, 0.3) is 0 Å². The number of rotatable bonds is 4. The fourth-order valence-electron chi connectivity index (χ4n) is 1.48. The van der Waals surface area contributed by atoms with Crippen LogP contribution in [0.15, 0.2) is 36.9 Å². The number of hydrogen-bond acceptors (Lipinski definition) is 2. The van der Waals surface area contributed by atoms with Crippen molar-refractivity contribution in [1.82, 2.24) is 0 Å². The third-order valence-corrected chi connectivity index (χ3v) is 2.39. The lowest BCUT2D eigenvalue weighted by molar-refractivity contribution is -0.143. The Morgan fingerprint density at radius 1 is 1.60 bits per heavy atom. The Kier molecular flexibility index (Phi) is 3.27. The first kappa shape index (κ1) is 11.5. The van der Waals surface area contributed by atoms with Gasteiger partial charge in [-0.25, -0.2) is 4.79 Å². The van der Waals surface area contributed by atoms with Crippen molar-refractivity contribution in [1.29, 1.82) is 0 Å². The topological polar surface area (TPSA) is 63.3 Å². The fourth-order valence-corrected chi connectivity index (χ4v) is 1.48. The summed E-state index contributed by atoms with van der Waals surface area (Å²) in [6, 6.07) is 7.26. The van der Waals surface area contributed by atoms with Crippen LogP contribution >= 0.6 is 0 Å². The molecule has 0 saturated carbocycles. The molecule has 0 spiro atoms. The van der Waals surface area contributed by atoms with Crippen LogP contribution < -0.4 is 5.73 Å². The summed E-state index contributed by atoms with van der Waals surface area (Å²) in [5.41, 5.74) is 5.97. The number of carboxylic acid groups (broad SMARTS) is 1. The average Bonchev–Trinajstić information content (AvgIpc) is 2.18. The van der Waals surface area contributed by atoms with Crippen LogP contribution in [0.2, 0.25) is 0 Å². The summed E-state index contributed by atoms with van der Waals surface area (Å²) >= 11 is 0. The average molecular weight is 205 g/mol. The van der Waals surface area contributed by atoms with Gasteiger partial charge in [-0.05, 0) is 24.5 Å². The van der Waals surface area contributed by atoms with Gasteiger partial charge in [0.1, 0.15) is 5.54 Å². The largest absolute Gasteiger partial charge is 0.480 e. The summed E-state index contributed by atoms with van der Waals surface area (Å²) in [6.07, 6.45) is 2.35. The van der Waals surface area contributed by atoms with E-state index in [0.717, 1.165) is 5.56 Å². The van der Waals surface area contributed by atoms with Crippen molar-refractivity contribution < 1.29 is 9.90 Å². The molecule has 0 radical (unpaired) electrons. The molecule has 1 rings (SSSR count). The van der Waals surface area contributed by atoms with Crippen LogP contribution in [0, 0.1) is 0 Å². The molecule has 80 valence electrons. The first-order chi connectivity index (χ1) is 7.00. The van der Waals surface area contributed by atoms with Crippen molar-refractivity contribution in [3.63, 3.8) is 0 Å². The number of benzene rings is 1. The number of carboxylic acids is 1. The molecule has 0 saturated heterocycles. The number of carbonyl (C=O) groups is 1. The minimum Gasteiger partial charge on any atom is -0.480 e. The molecule has 3 N–H and O–H groups in total. The molecule has 0 aliphatic rings. The summed E-state index contributed by atoms with van der Waals surface area (Å²) in [5.74, 6) is -1.03. The van der Waals surface area contributed by atoms with Gasteiger partial charge in [-0.1, -0.05) is 30.3 Å². The molecule has 0 heterocycles. The van der Waals surface area contributed by atoms with Gasteiger partial charge in [0, 0.05) is 0 Å². The van der Waals surface area contributed by atoms with Gasteiger partial charge < -0.3 is 10.8 Å². The standard InChI is InChI=1S/C12H15NO2/c1-3-6-9-7-4-5-8-10(9)12(2,13)11(14)15/h3-5,7-8H,1,6,13H2,2H3,(H,14,15)/t12-/m1/s1. The second-order valence-electron chi connectivity index (χ2n) is 3.66. The normalized spacial score (nSPS) is 14.3. The SMILES string of the molecule is C=CCc1ccccc1[C@@](C)(N)C(=O)O. The quantitative estimate of drug-likeness (QED) is 0.735. The Morgan fingerprint density at radius 3 is 2.73 bits per heavy atom. The van der Waals surface area contributed by atoms with Crippen molar-refractivity contribution in [2.45, 2.75) is 18.9 Å². The van der Waals surface area contributed by atoms with Gasteiger partial charge in [0.05, 0.1) is 0 Å². The first-order valence-electron chi connectivity index (χ1n) is 4.71. The molecule has 0 aromatic heterocycles. The minimum absolute atomic E-state index is 0.621. The van der Waals surface area contributed by atoms with E-state index in [-0.39, 0.29) is 0 Å². The summed E-state index contributed by atoms with van der Waals surface area (Å²) in [5, 5.41) is 9.04. The third-order valence-electron chi connectivity index (χ3n) is 2.39. The molecular formula is C12H15NO2. The van der Waals surface area contributed by atoms with E-state index < -0.39 is 11.5 Å². The highest BCUT2D eigenvalue weighted by Crippen LogP contribution is 2.22. The maximum Gasteiger partial charge on any atom is 0.328 e. The Bertz CT molecular complexity index is 383. The van der Waals surface area contributed by atoms with Crippen molar-refractivity contribution in [3.05, 3.63) is 48.0 Å². The van der Waals surface area contributed by atoms with Gasteiger partial charge in [0.2, 0.25) is 0 Å². The van der Waals surface area contributed by atoms with Gasteiger partial charge in [-0.15, -0.1) is 6.58 Å². The predicted molar refractivity (Wildman–Crippen MR) is 59.5 cm³/mol. The highest BCUT2D eigenvalue weighted by molar-refractivity contribution is 5.80. The van der Waals surface area contributed by atoms with E-state index in [1.165, 1.54) is 6.92 Å². The van der Waals surface area contributed by atoms with Crippen molar-refractivity contribution in [2.75, 3.05) is 0 Å². The van der Waals surface area contributed by atoms with E-state index in [1.54, 1.807) is 18.2 Å². The summed E-state index contributed by atoms with van der Waals surface area (Å²) in [4.78, 5) is 11.0. The highest BCUT2D eigenvalue weighted by Gasteiger charge is 2.31. The second kappa shape index (κ2) is 4.28. The molecule has 0 aliphatic heterocycles. The first-order valence-corrected chi connectivity index (χ1v) is 4.71. The smallest absolute Gasteiger partial charge is 0.328 e. The predicted octanol–water partition coefficient (Wildman–Crippen LogP) is 1.67. The lowest BCUT2D eigenvalue weighted by atomic mass is 9.88. The molecule has 0 aliphatic carbocycles. The summed E-state index contributed by atoms with van der Waals surface area (Å²) < 4.78 is 0. The molecule has 0 amide bonds. The van der Waals surface area contributed by atoms with E-state index in [1.807, 2.05) is 12.1 Å². The molecule has 0 fully saturated rings. The van der Waals surface area contributed by atoms with E-state index in [9.17, 15) is 4.79 Å². The van der Waals surface area contributed by atoms with Crippen molar-refractivity contribution >= 4 is 5.97 Å². The van der Waals surface area contributed by atoms with E-state index in [0.29, 0.717) is 12.0 Å². The van der Waals surface area contributed by atoms with E-state index in [2.05, 4.69) is 6.58 Å². The summed E-state index contributed by atoms with van der Waals surface area (Å²) in [6.45, 7) is 5.13. The van der Waals surface area contributed by atoms with Crippen LogP contribution in [0.5, 0.6) is 0 Å². The van der Waals surface area contributed by atoms with Crippen LogP contribution in [-0.4, -0.2) is 11.1 Å². The minimum atomic E-state index is -1.35. The molecule has 3 nitrogen and oxygen atoms in total. The van der Waals surface area contributed by atoms with Crippen LogP contribution in [-0.2, 0) is 16.8 Å². The Morgan fingerprint density at radius 2 is 2.20 bits per heavy atom. The van der Waals surface area contributed by atoms with Crippen LogP contribution in [0.4, 0.5) is 0 Å². The lowest BCUT2D eigenvalue weighted by Gasteiger charge is -2.22. The van der Waals surface area contributed by atoms with Gasteiger partial charge >= 0.3 is 5.97 Å². The van der Waals surface area contributed by atoms with Gasteiger partial charge in [0.25, 0.3) is 0 Å². The van der Waals surface area contributed by atoms with Crippen molar-refractivity contribution in [3.8, 4) is 0 Å². The number of nitrogens with two attached hydrogens (primary N) is 1. The van der Waals surface area contributed by atoms with Gasteiger partial charge in [-0.2, -0.15) is 0 Å². The van der Waals surface area contributed by atoms with Crippen LogP contribution in [0.1, 0.15) is 18.1 Å². The zero-order valence-corrected chi connectivity index (χ0v) is 8.73. The monoisotopic (exact) mass is 205 g/mol. The summed E-state index contributed by atoms with van der Waals surface area (Å²) in [7, 11) is 0. The van der Waals surface area contributed by atoms with Gasteiger partial charge in [-0.3, -0.25) is 0 Å². The molecule has 15 heavy (non-hydrogen) atoms. The lowest BCUT2D eigenvalue weighted by Crippen LogP contribution is -2.42. The van der Waals surface area contributed by atoms with Crippen molar-refractivity contribution in [2.24, 2.45) is 5.73 Å². The molecule has 1 aromatic rings. The molecular weight excluding hydrogens is 190 g/mol. The number of aliphatic carboxylic acids is 1. The second-order valence-corrected chi connectivity index (χ2v) is 3.66. The molecule has 3 heteroatoms. The Labute approximate surface area is 89.2 Å². The zero-order valence-electron chi connectivity index (χ0n) is 8.73. The highest BCUT2D eigenvalue weighted by atomic mass is 16.4. The fraction of sp³-hybridized carbons (Fsp3) is 0.250. The molecule has 0 unspecified atom stereocenters. The maximum absolute atomic E-state index is 11.0. The van der Waals surface area contributed by atoms with Gasteiger partial charge in [0.15, 0.2) is 0 Å². The Hall–Kier alpha value is -1.61. The molecule has 1 atom stereocenters. The van der Waals surface area contributed by atoms with E-state index in [4.69, 9.17) is 10.8 Å². The Balaban J connectivity index is 3.23. The van der Waals surface area contributed by atoms with Crippen LogP contribution in [0.3, 0.4) is 0 Å². The molecule has 1 aromatic carbocycles.